The number of alkyl halides is 1. The van der Waals surface area contributed by atoms with Crippen LogP contribution in [0.25, 0.3) is 0 Å². The SMILES string of the molecule is CC(=O)OC[C@@H]1C[C@@]1(F)CO. The highest BCUT2D eigenvalue weighted by molar-refractivity contribution is 5.65. The van der Waals surface area contributed by atoms with Gasteiger partial charge < -0.3 is 9.84 Å². The van der Waals surface area contributed by atoms with E-state index in [1.54, 1.807) is 0 Å². The van der Waals surface area contributed by atoms with E-state index in [1.807, 2.05) is 0 Å². The Morgan fingerprint density at radius 2 is 2.55 bits per heavy atom. The van der Waals surface area contributed by atoms with E-state index in [1.165, 1.54) is 6.92 Å². The van der Waals surface area contributed by atoms with E-state index in [0.29, 0.717) is 6.42 Å². The zero-order valence-electron chi connectivity index (χ0n) is 6.34. The van der Waals surface area contributed by atoms with Crippen LogP contribution in [0.1, 0.15) is 13.3 Å². The van der Waals surface area contributed by atoms with E-state index >= 15 is 0 Å². The number of esters is 1. The fourth-order valence-electron chi connectivity index (χ4n) is 0.971. The molecule has 1 saturated carbocycles. The third-order valence-corrected chi connectivity index (χ3v) is 1.91. The molecule has 0 aromatic heterocycles. The van der Waals surface area contributed by atoms with Crippen LogP contribution in [0.3, 0.4) is 0 Å². The number of ether oxygens (including phenoxy) is 1. The molecule has 1 fully saturated rings. The predicted molar refractivity (Wildman–Crippen MR) is 35.7 cm³/mol. The normalized spacial score (nSPS) is 35.0. The molecule has 0 unspecified atom stereocenters. The smallest absolute Gasteiger partial charge is 0.302 e. The number of hydrogen-bond donors (Lipinski definition) is 1. The van der Waals surface area contributed by atoms with Gasteiger partial charge in [0.15, 0.2) is 0 Å². The maximum Gasteiger partial charge on any atom is 0.302 e. The van der Waals surface area contributed by atoms with Crippen LogP contribution in [0.5, 0.6) is 0 Å². The minimum atomic E-state index is -1.48. The molecule has 3 nitrogen and oxygen atoms in total. The Labute approximate surface area is 64.2 Å². The predicted octanol–water partition coefficient (Wildman–Crippen LogP) is 0.270. The molecule has 2 atom stereocenters. The van der Waals surface area contributed by atoms with Crippen molar-refractivity contribution >= 4 is 5.97 Å². The van der Waals surface area contributed by atoms with E-state index in [4.69, 9.17) is 5.11 Å². The molecular formula is C7H11FO3. The molecule has 0 saturated heterocycles. The molecule has 4 heteroatoms. The van der Waals surface area contributed by atoms with E-state index in [-0.39, 0.29) is 12.5 Å². The minimum absolute atomic E-state index is 0.0897. The summed E-state index contributed by atoms with van der Waals surface area (Å²) in [6.45, 7) is 0.895. The maximum absolute atomic E-state index is 12.9. The van der Waals surface area contributed by atoms with Crippen LogP contribution in [0, 0.1) is 5.92 Å². The van der Waals surface area contributed by atoms with E-state index in [9.17, 15) is 9.18 Å². The topological polar surface area (TPSA) is 46.5 Å². The summed E-state index contributed by atoms with van der Waals surface area (Å²) in [5.41, 5.74) is -1.48. The molecule has 1 aliphatic carbocycles. The Kier molecular flexibility index (Phi) is 2.13. The molecule has 0 radical (unpaired) electrons. The number of carbonyl (C=O) groups excluding carboxylic acids is 1. The van der Waals surface area contributed by atoms with Crippen molar-refractivity contribution in [3.05, 3.63) is 0 Å². The zero-order valence-corrected chi connectivity index (χ0v) is 6.34. The summed E-state index contributed by atoms with van der Waals surface area (Å²) < 4.78 is 17.5. The highest BCUT2D eigenvalue weighted by atomic mass is 19.1. The fourth-order valence-corrected chi connectivity index (χ4v) is 0.971. The second-order valence-electron chi connectivity index (χ2n) is 2.90. The molecule has 0 heterocycles. The van der Waals surface area contributed by atoms with Gasteiger partial charge in [-0.2, -0.15) is 0 Å². The fraction of sp³-hybridized carbons (Fsp3) is 0.857. The molecule has 1 aliphatic rings. The summed E-state index contributed by atoms with van der Waals surface area (Å²) in [6.07, 6.45) is 0.302. The van der Waals surface area contributed by atoms with Gasteiger partial charge in [-0.3, -0.25) is 4.79 Å². The van der Waals surface area contributed by atoms with Crippen LogP contribution in [0.4, 0.5) is 4.39 Å². The molecule has 0 aromatic carbocycles. The van der Waals surface area contributed by atoms with Gasteiger partial charge in [-0.1, -0.05) is 0 Å². The van der Waals surface area contributed by atoms with Crippen molar-refractivity contribution in [2.75, 3.05) is 13.2 Å². The third kappa shape index (κ3) is 1.89. The molecule has 0 spiro atoms. The Balaban J connectivity index is 2.18. The average molecular weight is 162 g/mol. The molecule has 1 N–H and O–H groups in total. The van der Waals surface area contributed by atoms with Gasteiger partial charge in [-0.05, 0) is 6.42 Å². The van der Waals surface area contributed by atoms with Gasteiger partial charge in [0.1, 0.15) is 5.67 Å². The van der Waals surface area contributed by atoms with Gasteiger partial charge in [-0.25, -0.2) is 4.39 Å². The number of hydrogen-bond acceptors (Lipinski definition) is 3. The van der Waals surface area contributed by atoms with Crippen LogP contribution in [0.15, 0.2) is 0 Å². The number of halogens is 1. The van der Waals surface area contributed by atoms with Gasteiger partial charge in [0.25, 0.3) is 0 Å². The monoisotopic (exact) mass is 162 g/mol. The van der Waals surface area contributed by atoms with Gasteiger partial charge in [0.05, 0.1) is 13.2 Å². The molecule has 11 heavy (non-hydrogen) atoms. The quantitative estimate of drug-likeness (QED) is 0.606. The number of aliphatic hydroxyl groups excluding tert-OH is 1. The van der Waals surface area contributed by atoms with Crippen LogP contribution in [0.2, 0.25) is 0 Å². The van der Waals surface area contributed by atoms with Crippen LogP contribution in [-0.4, -0.2) is 30.0 Å². The van der Waals surface area contributed by atoms with Crippen LogP contribution in [-0.2, 0) is 9.53 Å². The minimum Gasteiger partial charge on any atom is -0.465 e. The highest BCUT2D eigenvalue weighted by Gasteiger charge is 2.55. The first kappa shape index (κ1) is 8.46. The van der Waals surface area contributed by atoms with Crippen molar-refractivity contribution < 1.29 is 19.0 Å². The number of carbonyl (C=O) groups is 1. The first-order valence-corrected chi connectivity index (χ1v) is 3.51. The second kappa shape index (κ2) is 2.77. The average Bonchev–Trinajstić information content (AvgIpc) is 2.59. The Morgan fingerprint density at radius 1 is 1.91 bits per heavy atom. The summed E-state index contributed by atoms with van der Waals surface area (Å²) in [5, 5.41) is 8.49. The maximum atomic E-state index is 12.9. The number of aliphatic hydroxyl groups is 1. The van der Waals surface area contributed by atoms with Gasteiger partial charge >= 0.3 is 5.97 Å². The molecule has 1 rings (SSSR count). The van der Waals surface area contributed by atoms with Crippen LogP contribution < -0.4 is 0 Å². The molecule has 0 aliphatic heterocycles. The lowest BCUT2D eigenvalue weighted by Gasteiger charge is -2.02. The zero-order chi connectivity index (χ0) is 8.48. The van der Waals surface area contributed by atoms with Crippen molar-refractivity contribution in [2.45, 2.75) is 19.0 Å². The van der Waals surface area contributed by atoms with Crippen LogP contribution >= 0.6 is 0 Å². The van der Waals surface area contributed by atoms with E-state index < -0.39 is 18.2 Å². The summed E-state index contributed by atoms with van der Waals surface area (Å²) >= 11 is 0. The van der Waals surface area contributed by atoms with Crippen molar-refractivity contribution in [3.8, 4) is 0 Å². The van der Waals surface area contributed by atoms with Crippen molar-refractivity contribution in [2.24, 2.45) is 5.92 Å². The number of rotatable bonds is 3. The van der Waals surface area contributed by atoms with Crippen molar-refractivity contribution in [3.63, 3.8) is 0 Å². The van der Waals surface area contributed by atoms with E-state index in [2.05, 4.69) is 4.74 Å². The molecule has 64 valence electrons. The summed E-state index contributed by atoms with van der Waals surface area (Å²) in [4.78, 5) is 10.3. The first-order valence-electron chi connectivity index (χ1n) is 3.51. The Hall–Kier alpha value is -0.640. The second-order valence-corrected chi connectivity index (χ2v) is 2.90. The molecule has 0 bridgehead atoms. The largest absolute Gasteiger partial charge is 0.465 e. The van der Waals surface area contributed by atoms with Gasteiger partial charge in [-0.15, -0.1) is 0 Å². The Bertz CT molecular complexity index is 171. The van der Waals surface area contributed by atoms with E-state index in [0.717, 1.165) is 0 Å². The molecular weight excluding hydrogens is 151 g/mol. The van der Waals surface area contributed by atoms with Gasteiger partial charge in [0.2, 0.25) is 0 Å². The summed E-state index contributed by atoms with van der Waals surface area (Å²) in [6, 6.07) is 0. The molecule has 0 amide bonds. The summed E-state index contributed by atoms with van der Waals surface area (Å²) in [5.74, 6) is -0.700. The lowest BCUT2D eigenvalue weighted by Crippen LogP contribution is -2.14. The third-order valence-electron chi connectivity index (χ3n) is 1.91. The van der Waals surface area contributed by atoms with Crippen molar-refractivity contribution in [1.29, 1.82) is 0 Å². The lowest BCUT2D eigenvalue weighted by molar-refractivity contribution is -0.141. The van der Waals surface area contributed by atoms with Crippen molar-refractivity contribution in [1.82, 2.24) is 0 Å². The molecule has 0 aromatic rings. The lowest BCUT2D eigenvalue weighted by atomic mass is 10.3. The first-order chi connectivity index (χ1) is 5.08. The summed E-state index contributed by atoms with van der Waals surface area (Å²) in [7, 11) is 0. The standard InChI is InChI=1S/C7H11FO3/c1-5(10)11-3-6-2-7(6,8)4-9/h6,9H,2-4H2,1H3/t6-,7+/m0/s1. The van der Waals surface area contributed by atoms with Gasteiger partial charge in [0, 0.05) is 12.8 Å². The highest BCUT2D eigenvalue weighted by Crippen LogP contribution is 2.46. The Morgan fingerprint density at radius 3 is 2.91 bits per heavy atom.